The molecule has 0 heterocycles. The Morgan fingerprint density at radius 3 is 1.81 bits per heavy atom. The number of halogens is 1. The maximum Gasteiger partial charge on any atom is 0.151 e. The second-order valence-corrected chi connectivity index (χ2v) is 12.2. The summed E-state index contributed by atoms with van der Waals surface area (Å²) >= 11 is 0. The molecule has 0 aliphatic heterocycles. The van der Waals surface area contributed by atoms with Gasteiger partial charge in [0.2, 0.25) is 0 Å². The van der Waals surface area contributed by atoms with E-state index in [1.54, 1.807) is 0 Å². The Morgan fingerprint density at radius 2 is 1.26 bits per heavy atom. The SMILES string of the molecule is CCCCCCCC1CC[C@]2(CC1)C(=O)[C@@]1(CCC(C3CCC(CC)CC3)CC1)[C@@H]2F. The van der Waals surface area contributed by atoms with Crippen molar-refractivity contribution >= 4 is 5.78 Å². The monoisotopic (exact) mass is 432 g/mol. The molecule has 178 valence electrons. The molecule has 0 N–H and O–H groups in total. The lowest BCUT2D eigenvalue weighted by Gasteiger charge is -2.61. The molecule has 1 atom stereocenters. The number of alkyl halides is 1. The summed E-state index contributed by atoms with van der Waals surface area (Å²) in [5, 5.41) is 0. The fourth-order valence-corrected chi connectivity index (χ4v) is 8.35. The van der Waals surface area contributed by atoms with Crippen LogP contribution in [-0.2, 0) is 4.79 Å². The van der Waals surface area contributed by atoms with Crippen molar-refractivity contribution in [2.24, 2.45) is 34.5 Å². The van der Waals surface area contributed by atoms with Crippen LogP contribution in [0.5, 0.6) is 0 Å². The zero-order valence-corrected chi connectivity index (χ0v) is 20.6. The Balaban J connectivity index is 1.23. The van der Waals surface area contributed by atoms with E-state index in [1.165, 1.54) is 70.6 Å². The van der Waals surface area contributed by atoms with Crippen LogP contribution in [0.4, 0.5) is 4.39 Å². The van der Waals surface area contributed by atoms with Crippen LogP contribution in [0.15, 0.2) is 0 Å². The van der Waals surface area contributed by atoms with Gasteiger partial charge in [-0.05, 0) is 87.9 Å². The van der Waals surface area contributed by atoms with Crippen molar-refractivity contribution in [1.29, 1.82) is 0 Å². The predicted molar refractivity (Wildman–Crippen MR) is 128 cm³/mol. The summed E-state index contributed by atoms with van der Waals surface area (Å²) in [5.74, 6) is 3.68. The van der Waals surface area contributed by atoms with Crippen molar-refractivity contribution in [2.45, 2.75) is 142 Å². The Kier molecular flexibility index (Phi) is 7.85. The highest BCUT2D eigenvalue weighted by Crippen LogP contribution is 2.66. The van der Waals surface area contributed by atoms with Gasteiger partial charge in [0.25, 0.3) is 0 Å². The van der Waals surface area contributed by atoms with Crippen LogP contribution in [0.2, 0.25) is 0 Å². The Labute approximate surface area is 191 Å². The van der Waals surface area contributed by atoms with Gasteiger partial charge in [-0.3, -0.25) is 4.79 Å². The van der Waals surface area contributed by atoms with Gasteiger partial charge in [0, 0.05) is 0 Å². The van der Waals surface area contributed by atoms with E-state index in [0.717, 1.165) is 75.0 Å². The molecule has 4 rings (SSSR count). The first-order valence-corrected chi connectivity index (χ1v) is 14.2. The molecule has 0 aromatic heterocycles. The van der Waals surface area contributed by atoms with Crippen molar-refractivity contribution < 1.29 is 9.18 Å². The van der Waals surface area contributed by atoms with E-state index in [4.69, 9.17) is 0 Å². The van der Waals surface area contributed by atoms with Crippen molar-refractivity contribution in [3.63, 3.8) is 0 Å². The van der Waals surface area contributed by atoms with Crippen LogP contribution in [0, 0.1) is 34.5 Å². The number of hydrogen-bond donors (Lipinski definition) is 0. The van der Waals surface area contributed by atoms with Gasteiger partial charge in [-0.25, -0.2) is 4.39 Å². The van der Waals surface area contributed by atoms with E-state index in [0.29, 0.717) is 5.78 Å². The van der Waals surface area contributed by atoms with Crippen molar-refractivity contribution in [2.75, 3.05) is 0 Å². The van der Waals surface area contributed by atoms with Gasteiger partial charge in [0.15, 0.2) is 5.78 Å². The summed E-state index contributed by atoms with van der Waals surface area (Å²) in [6, 6.07) is 0. The van der Waals surface area contributed by atoms with E-state index in [-0.39, 0.29) is 0 Å². The number of Topliss-reactive ketones (excluding diaryl/α,β-unsaturated/α-hetero) is 1. The fraction of sp³-hybridized carbons (Fsp3) is 0.966. The minimum absolute atomic E-state index is 0.363. The minimum atomic E-state index is -0.838. The largest absolute Gasteiger partial charge is 0.298 e. The highest BCUT2D eigenvalue weighted by atomic mass is 19.1. The van der Waals surface area contributed by atoms with Gasteiger partial charge < -0.3 is 0 Å². The van der Waals surface area contributed by atoms with Crippen LogP contribution < -0.4 is 0 Å². The normalized spacial score (nSPS) is 43.3. The molecule has 0 amide bonds. The van der Waals surface area contributed by atoms with E-state index < -0.39 is 17.0 Å². The third kappa shape index (κ3) is 4.52. The number of ketones is 1. The molecular weight excluding hydrogens is 383 g/mol. The van der Waals surface area contributed by atoms with Gasteiger partial charge in [0.05, 0.1) is 10.8 Å². The van der Waals surface area contributed by atoms with E-state index >= 15 is 4.39 Å². The first kappa shape index (κ1) is 23.7. The van der Waals surface area contributed by atoms with Crippen LogP contribution in [0.1, 0.15) is 136 Å². The van der Waals surface area contributed by atoms with Gasteiger partial charge in [-0.1, -0.05) is 71.6 Å². The first-order valence-electron chi connectivity index (χ1n) is 14.2. The highest BCUT2D eigenvalue weighted by molar-refractivity contribution is 5.98. The molecule has 0 aromatic rings. The van der Waals surface area contributed by atoms with Crippen molar-refractivity contribution in [3.8, 4) is 0 Å². The number of carbonyl (C=O) groups excluding carboxylic acids is 1. The van der Waals surface area contributed by atoms with Crippen LogP contribution >= 0.6 is 0 Å². The molecule has 31 heavy (non-hydrogen) atoms. The maximum atomic E-state index is 15.8. The number of rotatable bonds is 8. The summed E-state index contributed by atoms with van der Waals surface area (Å²) in [6.45, 7) is 4.59. The zero-order valence-electron chi connectivity index (χ0n) is 20.6. The lowest BCUT2D eigenvalue weighted by atomic mass is 9.41. The van der Waals surface area contributed by atoms with Crippen molar-refractivity contribution in [3.05, 3.63) is 0 Å². The Bertz CT molecular complexity index is 574. The highest BCUT2D eigenvalue weighted by Gasteiger charge is 2.71. The second-order valence-electron chi connectivity index (χ2n) is 12.2. The summed E-state index contributed by atoms with van der Waals surface area (Å²) in [6.07, 6.45) is 21.9. The Morgan fingerprint density at radius 1 is 0.710 bits per heavy atom. The minimum Gasteiger partial charge on any atom is -0.298 e. The number of carbonyl (C=O) groups is 1. The third-order valence-corrected chi connectivity index (χ3v) is 10.6. The van der Waals surface area contributed by atoms with Gasteiger partial charge in [-0.15, -0.1) is 0 Å². The topological polar surface area (TPSA) is 17.1 Å². The average Bonchev–Trinajstić information content (AvgIpc) is 2.84. The van der Waals surface area contributed by atoms with Crippen molar-refractivity contribution in [1.82, 2.24) is 0 Å². The maximum absolute atomic E-state index is 15.8. The molecule has 0 radical (unpaired) electrons. The molecule has 4 saturated carbocycles. The molecule has 0 saturated heterocycles. The average molecular weight is 433 g/mol. The lowest BCUT2D eigenvalue weighted by Crippen LogP contribution is -2.69. The van der Waals surface area contributed by atoms with Gasteiger partial charge in [0.1, 0.15) is 6.17 Å². The predicted octanol–water partition coefficient (Wildman–Crippen LogP) is 8.84. The molecular formula is C29H49FO. The lowest BCUT2D eigenvalue weighted by molar-refractivity contribution is -0.194. The molecule has 0 unspecified atom stereocenters. The molecule has 4 aliphatic rings. The molecule has 4 fully saturated rings. The fourth-order valence-electron chi connectivity index (χ4n) is 8.35. The molecule has 4 aliphatic carbocycles. The summed E-state index contributed by atoms with van der Waals surface area (Å²) in [4.78, 5) is 13.5. The number of hydrogen-bond acceptors (Lipinski definition) is 1. The van der Waals surface area contributed by atoms with Crippen LogP contribution in [-0.4, -0.2) is 12.0 Å². The summed E-state index contributed by atoms with van der Waals surface area (Å²) < 4.78 is 15.8. The third-order valence-electron chi connectivity index (χ3n) is 10.6. The van der Waals surface area contributed by atoms with Gasteiger partial charge in [-0.2, -0.15) is 0 Å². The second kappa shape index (κ2) is 10.3. The van der Waals surface area contributed by atoms with Crippen LogP contribution in [0.25, 0.3) is 0 Å². The van der Waals surface area contributed by atoms with Gasteiger partial charge >= 0.3 is 0 Å². The smallest absolute Gasteiger partial charge is 0.151 e. The Hall–Kier alpha value is -0.400. The van der Waals surface area contributed by atoms with E-state index in [2.05, 4.69) is 13.8 Å². The molecule has 0 aromatic carbocycles. The summed E-state index contributed by atoms with van der Waals surface area (Å²) in [7, 11) is 0. The van der Waals surface area contributed by atoms with E-state index in [9.17, 15) is 4.79 Å². The quantitative estimate of drug-likeness (QED) is 0.350. The summed E-state index contributed by atoms with van der Waals surface area (Å²) in [5.41, 5.74) is -1.13. The number of unbranched alkanes of at least 4 members (excludes halogenated alkanes) is 4. The molecule has 1 nitrogen and oxygen atoms in total. The molecule has 2 heteroatoms. The van der Waals surface area contributed by atoms with Crippen LogP contribution in [0.3, 0.4) is 0 Å². The first-order chi connectivity index (χ1) is 15.1. The zero-order chi connectivity index (χ0) is 21.9. The molecule has 0 bridgehead atoms. The molecule has 2 spiro atoms. The van der Waals surface area contributed by atoms with E-state index in [1.807, 2.05) is 0 Å². The standard InChI is InChI=1S/C29H49FO/c1-3-5-6-7-8-9-23-14-18-28(19-15-23)26(30)29(27(28)31)20-16-25(17-21-29)24-12-10-22(4-2)11-13-24/h22-26H,3-21H2,1-2H3/t22?,23?,24?,25?,26-,28-,29-/m1/s1.